The van der Waals surface area contributed by atoms with Crippen LogP contribution in [-0.4, -0.2) is 22.8 Å². The first-order valence-corrected chi connectivity index (χ1v) is 9.79. The number of carbonyl (C=O) groups is 1. The maximum Gasteiger partial charge on any atom is 0.274 e. The molecule has 0 radical (unpaired) electrons. The van der Waals surface area contributed by atoms with Gasteiger partial charge in [-0.3, -0.25) is 19.8 Å². The maximum atomic E-state index is 11.6. The minimum absolute atomic E-state index is 0.113. The molecule has 1 aromatic heterocycles. The molecule has 0 bridgehead atoms. The van der Waals surface area contributed by atoms with E-state index >= 15 is 0 Å². The van der Waals surface area contributed by atoms with Gasteiger partial charge in [-0.05, 0) is 23.6 Å². The van der Waals surface area contributed by atoms with E-state index in [1.807, 2.05) is 41.8 Å². The van der Waals surface area contributed by atoms with Crippen molar-refractivity contribution in [3.63, 3.8) is 0 Å². The van der Waals surface area contributed by atoms with Gasteiger partial charge >= 0.3 is 0 Å². The molecule has 0 fully saturated rings. The van der Waals surface area contributed by atoms with Crippen LogP contribution in [-0.2, 0) is 19.6 Å². The molecule has 0 spiro atoms. The van der Waals surface area contributed by atoms with Crippen molar-refractivity contribution in [3.05, 3.63) is 91.7 Å². The summed E-state index contributed by atoms with van der Waals surface area (Å²) in [5, 5.41) is 13.6. The van der Waals surface area contributed by atoms with Crippen molar-refractivity contribution in [1.82, 2.24) is 4.90 Å². The van der Waals surface area contributed by atoms with E-state index < -0.39 is 10.8 Å². The Morgan fingerprint density at radius 1 is 1.10 bits per heavy atom. The largest absolute Gasteiger partial charge is 0.496 e. The third kappa shape index (κ3) is 5.18. The first-order chi connectivity index (χ1) is 14.0. The fraction of sp³-hybridized carbons (Fsp3) is 0.190. The van der Waals surface area contributed by atoms with Gasteiger partial charge < -0.3 is 10.5 Å². The van der Waals surface area contributed by atoms with Gasteiger partial charge in [-0.15, -0.1) is 11.3 Å². The summed E-state index contributed by atoms with van der Waals surface area (Å²) in [6.07, 6.45) is 0. The number of primary amides is 1. The van der Waals surface area contributed by atoms with Crippen molar-refractivity contribution in [3.8, 4) is 5.75 Å². The number of methoxy groups -OCH3 is 1. The second kappa shape index (κ2) is 9.31. The molecular weight excluding hydrogens is 390 g/mol. The summed E-state index contributed by atoms with van der Waals surface area (Å²) in [7, 11) is 1.62. The van der Waals surface area contributed by atoms with Crippen LogP contribution in [0, 0.1) is 10.1 Å². The Labute approximate surface area is 172 Å². The molecule has 0 saturated carbocycles. The molecule has 29 heavy (non-hydrogen) atoms. The van der Waals surface area contributed by atoms with Crippen molar-refractivity contribution < 1.29 is 14.5 Å². The number of rotatable bonds is 9. The van der Waals surface area contributed by atoms with Gasteiger partial charge in [0, 0.05) is 47.3 Å². The molecule has 150 valence electrons. The van der Waals surface area contributed by atoms with Crippen molar-refractivity contribution in [2.45, 2.75) is 19.6 Å². The van der Waals surface area contributed by atoms with Crippen LogP contribution >= 0.6 is 11.3 Å². The van der Waals surface area contributed by atoms with E-state index in [0.717, 1.165) is 16.2 Å². The number of hydrogen-bond donors (Lipinski definition) is 1. The molecule has 1 amide bonds. The Bertz CT molecular complexity index is 1000. The van der Waals surface area contributed by atoms with Crippen LogP contribution in [0.3, 0.4) is 0 Å². The van der Waals surface area contributed by atoms with Gasteiger partial charge in [-0.25, -0.2) is 0 Å². The average molecular weight is 411 g/mol. The monoisotopic (exact) mass is 411 g/mol. The zero-order valence-electron chi connectivity index (χ0n) is 15.9. The molecule has 8 heteroatoms. The number of thiophene rings is 1. The van der Waals surface area contributed by atoms with Gasteiger partial charge in [0.25, 0.3) is 5.69 Å². The molecule has 3 aromatic rings. The smallest absolute Gasteiger partial charge is 0.274 e. The molecule has 0 unspecified atom stereocenters. The van der Waals surface area contributed by atoms with Crippen LogP contribution in [0.2, 0.25) is 0 Å². The summed E-state index contributed by atoms with van der Waals surface area (Å²) in [5.41, 5.74) is 6.79. The first-order valence-electron chi connectivity index (χ1n) is 8.91. The predicted octanol–water partition coefficient (Wildman–Crippen LogP) is 3.97. The summed E-state index contributed by atoms with van der Waals surface area (Å²) < 4.78 is 5.45. The summed E-state index contributed by atoms with van der Waals surface area (Å²) in [5.74, 6) is 0.0753. The van der Waals surface area contributed by atoms with Gasteiger partial charge in [-0.2, -0.15) is 0 Å². The van der Waals surface area contributed by atoms with E-state index in [0.29, 0.717) is 25.2 Å². The lowest BCUT2D eigenvalue weighted by atomic mass is 10.1. The third-order valence-corrected chi connectivity index (χ3v) is 5.37. The zero-order chi connectivity index (χ0) is 20.8. The van der Waals surface area contributed by atoms with Gasteiger partial charge in [0.15, 0.2) is 0 Å². The number of nitrogens with two attached hydrogens (primary N) is 1. The van der Waals surface area contributed by atoms with E-state index in [-0.39, 0.29) is 11.3 Å². The Kier molecular flexibility index (Phi) is 6.58. The van der Waals surface area contributed by atoms with Crippen molar-refractivity contribution in [2.24, 2.45) is 5.73 Å². The molecule has 0 aliphatic carbocycles. The maximum absolute atomic E-state index is 11.6. The molecule has 0 saturated heterocycles. The Hall–Kier alpha value is -3.23. The molecule has 3 rings (SSSR count). The lowest BCUT2D eigenvalue weighted by molar-refractivity contribution is -0.385. The van der Waals surface area contributed by atoms with Crippen molar-refractivity contribution >= 4 is 22.9 Å². The predicted molar refractivity (Wildman–Crippen MR) is 112 cm³/mol. The molecule has 2 aromatic carbocycles. The zero-order valence-corrected chi connectivity index (χ0v) is 16.7. The standard InChI is InChI=1S/C21H21N3O4S/c1-28-20-7-3-2-5-17(20)13-23(14-18-6-4-10-29-18)12-16-9-8-15(21(22)25)11-19(16)24(26)27/h2-11H,12-14H2,1H3,(H2,22,25). The Balaban J connectivity index is 1.92. The summed E-state index contributed by atoms with van der Waals surface area (Å²) in [4.78, 5) is 25.8. The molecule has 2 N–H and O–H groups in total. The molecule has 0 aliphatic rings. The number of nitrogens with zero attached hydrogens (tertiary/aromatic N) is 2. The van der Waals surface area contributed by atoms with Crippen LogP contribution in [0.15, 0.2) is 60.0 Å². The Morgan fingerprint density at radius 3 is 2.52 bits per heavy atom. The number of nitro benzene ring substituents is 1. The van der Waals surface area contributed by atoms with E-state index in [1.54, 1.807) is 24.5 Å². The molecular formula is C21H21N3O4S. The second-order valence-corrected chi connectivity index (χ2v) is 7.53. The summed E-state index contributed by atoms with van der Waals surface area (Å²) in [6, 6.07) is 16.1. The number of para-hydroxylation sites is 1. The SMILES string of the molecule is COc1ccccc1CN(Cc1cccs1)Cc1ccc(C(N)=O)cc1[N+](=O)[O-]. The highest BCUT2D eigenvalue weighted by Crippen LogP contribution is 2.26. The fourth-order valence-electron chi connectivity index (χ4n) is 3.13. The minimum atomic E-state index is -0.691. The highest BCUT2D eigenvalue weighted by atomic mass is 32.1. The topological polar surface area (TPSA) is 98.7 Å². The highest BCUT2D eigenvalue weighted by molar-refractivity contribution is 7.09. The first kappa shape index (κ1) is 20.5. The molecule has 0 atom stereocenters. The van der Waals surface area contributed by atoms with Gasteiger partial charge in [0.1, 0.15) is 5.75 Å². The van der Waals surface area contributed by atoms with E-state index in [2.05, 4.69) is 4.90 Å². The van der Waals surface area contributed by atoms with Gasteiger partial charge in [-0.1, -0.05) is 30.3 Å². The van der Waals surface area contributed by atoms with E-state index in [4.69, 9.17) is 10.5 Å². The second-order valence-electron chi connectivity index (χ2n) is 6.50. The number of benzene rings is 2. The van der Waals surface area contributed by atoms with Crippen LogP contribution in [0.4, 0.5) is 5.69 Å². The van der Waals surface area contributed by atoms with Gasteiger partial charge in [0.05, 0.1) is 12.0 Å². The average Bonchev–Trinajstić information content (AvgIpc) is 3.21. The molecule has 0 aliphatic heterocycles. The van der Waals surface area contributed by atoms with E-state index in [9.17, 15) is 14.9 Å². The van der Waals surface area contributed by atoms with Crippen molar-refractivity contribution in [2.75, 3.05) is 7.11 Å². The third-order valence-electron chi connectivity index (χ3n) is 4.51. The molecule has 7 nitrogen and oxygen atoms in total. The van der Waals surface area contributed by atoms with Gasteiger partial charge in [0.2, 0.25) is 5.91 Å². The number of hydrogen-bond acceptors (Lipinski definition) is 6. The lowest BCUT2D eigenvalue weighted by Gasteiger charge is -2.23. The van der Waals surface area contributed by atoms with Crippen LogP contribution in [0.1, 0.15) is 26.4 Å². The fourth-order valence-corrected chi connectivity index (χ4v) is 3.87. The van der Waals surface area contributed by atoms with Crippen LogP contribution in [0.25, 0.3) is 0 Å². The Morgan fingerprint density at radius 2 is 1.86 bits per heavy atom. The normalized spacial score (nSPS) is 10.8. The quantitative estimate of drug-likeness (QED) is 0.424. The number of nitro groups is 1. The van der Waals surface area contributed by atoms with E-state index in [1.165, 1.54) is 12.1 Å². The minimum Gasteiger partial charge on any atom is -0.496 e. The van der Waals surface area contributed by atoms with Crippen LogP contribution in [0.5, 0.6) is 5.75 Å². The lowest BCUT2D eigenvalue weighted by Crippen LogP contribution is -2.23. The summed E-state index contributed by atoms with van der Waals surface area (Å²) >= 11 is 1.63. The number of ether oxygens (including phenoxy) is 1. The summed E-state index contributed by atoms with van der Waals surface area (Å²) in [6.45, 7) is 1.52. The molecule has 1 heterocycles. The van der Waals surface area contributed by atoms with Crippen molar-refractivity contribution in [1.29, 1.82) is 0 Å². The van der Waals surface area contributed by atoms with Crippen LogP contribution < -0.4 is 10.5 Å². The highest BCUT2D eigenvalue weighted by Gasteiger charge is 2.20. The number of amides is 1. The number of carbonyl (C=O) groups excluding carboxylic acids is 1.